The molecule has 0 aliphatic rings. The molecule has 4 aromatic rings. The van der Waals surface area contributed by atoms with Crippen LogP contribution in [0, 0.1) is 0 Å². The minimum atomic E-state index is 0.539. The summed E-state index contributed by atoms with van der Waals surface area (Å²) in [6, 6.07) is 20.0. The highest BCUT2D eigenvalue weighted by molar-refractivity contribution is 5.89. The fraction of sp³-hybridized carbons (Fsp3) is 0. The summed E-state index contributed by atoms with van der Waals surface area (Å²) in [5.41, 5.74) is 4.58. The van der Waals surface area contributed by atoms with Gasteiger partial charge < -0.3 is 4.42 Å². The van der Waals surface area contributed by atoms with Gasteiger partial charge in [-0.05, 0) is 5.56 Å². The lowest BCUT2D eigenvalue weighted by molar-refractivity contribution is 0.574. The van der Waals surface area contributed by atoms with E-state index in [-0.39, 0.29) is 0 Å². The average molecular weight is 299 g/mol. The van der Waals surface area contributed by atoms with Crippen LogP contribution in [0.1, 0.15) is 0 Å². The third-order valence-electron chi connectivity index (χ3n) is 3.63. The number of oxazole rings is 1. The molecule has 0 bridgehead atoms. The molecule has 2 heterocycles. The summed E-state index contributed by atoms with van der Waals surface area (Å²) in [6.07, 6.45) is 4.96. The first-order valence-electron chi connectivity index (χ1n) is 7.30. The van der Waals surface area contributed by atoms with E-state index in [4.69, 9.17) is 4.42 Å². The second-order valence-electron chi connectivity index (χ2n) is 5.05. The van der Waals surface area contributed by atoms with Gasteiger partial charge in [-0.2, -0.15) is 5.10 Å². The number of nitrogens with zero attached hydrogens (tertiary/aromatic N) is 3. The van der Waals surface area contributed by atoms with E-state index in [0.717, 1.165) is 27.9 Å². The molecule has 0 amide bonds. The van der Waals surface area contributed by atoms with E-state index < -0.39 is 0 Å². The van der Waals surface area contributed by atoms with Crippen LogP contribution in [-0.2, 0) is 0 Å². The van der Waals surface area contributed by atoms with Gasteiger partial charge in [0, 0.05) is 11.1 Å². The van der Waals surface area contributed by atoms with E-state index in [0.29, 0.717) is 5.89 Å². The second-order valence-corrected chi connectivity index (χ2v) is 5.05. The Morgan fingerprint density at radius 2 is 1.48 bits per heavy atom. The van der Waals surface area contributed by atoms with Crippen LogP contribution in [0.5, 0.6) is 0 Å². The Labute approximate surface area is 133 Å². The molecule has 0 fully saturated rings. The normalized spacial score (nSPS) is 10.6. The van der Waals surface area contributed by atoms with Crippen LogP contribution in [0.15, 0.2) is 83.7 Å². The summed E-state index contributed by atoms with van der Waals surface area (Å²) < 4.78 is 5.56. The summed E-state index contributed by atoms with van der Waals surface area (Å²) in [5, 5.41) is 8.53. The number of aromatic nitrogens is 3. The van der Waals surface area contributed by atoms with Gasteiger partial charge in [-0.1, -0.05) is 60.7 Å². The van der Waals surface area contributed by atoms with Gasteiger partial charge in [0.2, 0.25) is 5.89 Å². The number of hydrogen-bond donors (Lipinski definition) is 0. The number of hydrogen-bond acceptors (Lipinski definition) is 4. The molecule has 4 heteroatoms. The van der Waals surface area contributed by atoms with Gasteiger partial charge in [0.25, 0.3) is 0 Å². The van der Waals surface area contributed by atoms with Crippen LogP contribution >= 0.6 is 0 Å². The highest BCUT2D eigenvalue weighted by Gasteiger charge is 2.19. The maximum Gasteiger partial charge on any atom is 0.228 e. The van der Waals surface area contributed by atoms with Gasteiger partial charge in [-0.3, -0.25) is 0 Å². The number of benzene rings is 2. The van der Waals surface area contributed by atoms with Gasteiger partial charge in [0.15, 0.2) is 0 Å². The first-order valence-corrected chi connectivity index (χ1v) is 7.30. The fourth-order valence-electron chi connectivity index (χ4n) is 2.58. The fourth-order valence-corrected chi connectivity index (χ4v) is 2.58. The largest absolute Gasteiger partial charge is 0.444 e. The summed E-state index contributed by atoms with van der Waals surface area (Å²) in [6.45, 7) is 0. The Morgan fingerprint density at radius 3 is 2.13 bits per heavy atom. The summed E-state index contributed by atoms with van der Waals surface area (Å²) >= 11 is 0. The molecular formula is C19H13N3O. The molecule has 2 aromatic carbocycles. The molecule has 0 radical (unpaired) electrons. The molecule has 23 heavy (non-hydrogen) atoms. The molecule has 4 nitrogen and oxygen atoms in total. The topological polar surface area (TPSA) is 51.8 Å². The monoisotopic (exact) mass is 299 g/mol. The van der Waals surface area contributed by atoms with Crippen LogP contribution in [0.2, 0.25) is 0 Å². The lowest BCUT2D eigenvalue weighted by Gasteiger charge is -2.11. The Balaban J connectivity index is 2.01. The van der Waals surface area contributed by atoms with Crippen molar-refractivity contribution in [3.63, 3.8) is 0 Å². The molecule has 0 spiro atoms. The van der Waals surface area contributed by atoms with Crippen LogP contribution in [0.3, 0.4) is 0 Å². The predicted molar refractivity (Wildman–Crippen MR) is 88.4 cm³/mol. The van der Waals surface area contributed by atoms with Crippen LogP contribution in [-0.4, -0.2) is 15.2 Å². The SMILES string of the molecule is c1ccc(-c2cnnc(-c3ccccc3)c2-c2ncco2)cc1. The minimum absolute atomic E-state index is 0.539. The van der Waals surface area contributed by atoms with Crippen molar-refractivity contribution in [3.8, 4) is 33.8 Å². The first kappa shape index (κ1) is 13.4. The van der Waals surface area contributed by atoms with Gasteiger partial charge in [-0.15, -0.1) is 5.10 Å². The van der Waals surface area contributed by atoms with Crippen molar-refractivity contribution in [3.05, 3.63) is 79.3 Å². The third kappa shape index (κ3) is 2.51. The van der Waals surface area contributed by atoms with Crippen molar-refractivity contribution in [2.45, 2.75) is 0 Å². The van der Waals surface area contributed by atoms with Crippen molar-refractivity contribution >= 4 is 0 Å². The minimum Gasteiger partial charge on any atom is -0.444 e. The zero-order valence-electron chi connectivity index (χ0n) is 12.3. The number of rotatable bonds is 3. The van der Waals surface area contributed by atoms with Crippen LogP contribution in [0.4, 0.5) is 0 Å². The molecule has 2 aromatic heterocycles. The summed E-state index contributed by atoms with van der Waals surface area (Å²) in [5.74, 6) is 0.539. The molecule has 0 saturated heterocycles. The maximum atomic E-state index is 5.56. The maximum absolute atomic E-state index is 5.56. The smallest absolute Gasteiger partial charge is 0.228 e. The quantitative estimate of drug-likeness (QED) is 0.560. The van der Waals surface area contributed by atoms with Gasteiger partial charge in [0.1, 0.15) is 12.0 Å². The van der Waals surface area contributed by atoms with Crippen LogP contribution < -0.4 is 0 Å². The Kier molecular flexibility index (Phi) is 3.41. The van der Waals surface area contributed by atoms with E-state index in [2.05, 4.69) is 15.2 Å². The lowest BCUT2D eigenvalue weighted by atomic mass is 9.97. The molecule has 0 aliphatic carbocycles. The third-order valence-corrected chi connectivity index (χ3v) is 3.63. The molecule has 0 saturated carbocycles. The molecular weight excluding hydrogens is 286 g/mol. The Hall–Kier alpha value is -3.27. The molecule has 0 unspecified atom stereocenters. The van der Waals surface area contributed by atoms with Crippen molar-refractivity contribution in [2.75, 3.05) is 0 Å². The van der Waals surface area contributed by atoms with Crippen molar-refractivity contribution in [2.24, 2.45) is 0 Å². The van der Waals surface area contributed by atoms with Gasteiger partial charge in [0.05, 0.1) is 18.0 Å². The van der Waals surface area contributed by atoms with Crippen molar-refractivity contribution < 1.29 is 4.42 Å². The molecule has 0 N–H and O–H groups in total. The zero-order valence-corrected chi connectivity index (χ0v) is 12.3. The van der Waals surface area contributed by atoms with Crippen LogP contribution in [0.25, 0.3) is 33.8 Å². The predicted octanol–water partition coefficient (Wildman–Crippen LogP) is 4.47. The average Bonchev–Trinajstić information content (AvgIpc) is 3.17. The standard InChI is InChI=1S/C19H13N3O/c1-3-7-14(8-4-1)16-13-21-22-18(15-9-5-2-6-10-15)17(16)19-20-11-12-23-19/h1-13H. The van der Waals surface area contributed by atoms with Gasteiger partial charge in [-0.25, -0.2) is 4.98 Å². The van der Waals surface area contributed by atoms with E-state index in [1.807, 2.05) is 60.7 Å². The molecule has 4 rings (SSSR count). The van der Waals surface area contributed by atoms with Crippen molar-refractivity contribution in [1.82, 2.24) is 15.2 Å². The lowest BCUT2D eigenvalue weighted by Crippen LogP contribution is -1.96. The first-order chi connectivity index (χ1) is 11.4. The van der Waals surface area contributed by atoms with E-state index in [1.54, 1.807) is 18.7 Å². The van der Waals surface area contributed by atoms with E-state index >= 15 is 0 Å². The van der Waals surface area contributed by atoms with Crippen molar-refractivity contribution in [1.29, 1.82) is 0 Å². The zero-order chi connectivity index (χ0) is 15.5. The second kappa shape index (κ2) is 5.85. The highest BCUT2D eigenvalue weighted by atomic mass is 16.3. The molecule has 110 valence electrons. The van der Waals surface area contributed by atoms with E-state index in [9.17, 15) is 0 Å². The summed E-state index contributed by atoms with van der Waals surface area (Å²) in [4.78, 5) is 4.32. The molecule has 0 atom stereocenters. The van der Waals surface area contributed by atoms with Gasteiger partial charge >= 0.3 is 0 Å². The summed E-state index contributed by atoms with van der Waals surface area (Å²) in [7, 11) is 0. The Bertz CT molecular complexity index is 846. The highest BCUT2D eigenvalue weighted by Crippen LogP contribution is 2.36. The van der Waals surface area contributed by atoms with E-state index in [1.165, 1.54) is 0 Å². The molecule has 0 aliphatic heterocycles. The Morgan fingerprint density at radius 1 is 0.783 bits per heavy atom.